The van der Waals surface area contributed by atoms with Gasteiger partial charge in [0.05, 0.1) is 11.5 Å². The van der Waals surface area contributed by atoms with Crippen LogP contribution >= 0.6 is 0 Å². The number of carboxylic acid groups (broad SMARTS) is 1. The highest BCUT2D eigenvalue weighted by atomic mass is 19.4. The van der Waals surface area contributed by atoms with Gasteiger partial charge in [0.15, 0.2) is 0 Å². The molecular weight excluding hydrogens is 323 g/mol. The Morgan fingerprint density at radius 1 is 1.17 bits per heavy atom. The molecule has 1 aliphatic carbocycles. The van der Waals surface area contributed by atoms with Gasteiger partial charge in [-0.05, 0) is 43.4 Å². The number of aryl methyl sites for hydroxylation is 1. The van der Waals surface area contributed by atoms with Gasteiger partial charge in [0.2, 0.25) is 5.91 Å². The van der Waals surface area contributed by atoms with Gasteiger partial charge in [-0.15, -0.1) is 0 Å². The lowest BCUT2D eigenvalue weighted by Gasteiger charge is -2.31. The van der Waals surface area contributed by atoms with Crippen LogP contribution in [0.2, 0.25) is 0 Å². The molecule has 1 saturated carbocycles. The largest absolute Gasteiger partial charge is 0.478 e. The Bertz CT molecular complexity index is 584. The van der Waals surface area contributed by atoms with E-state index in [4.69, 9.17) is 5.11 Å². The van der Waals surface area contributed by atoms with Crippen LogP contribution in [0.15, 0.2) is 24.3 Å². The predicted molar refractivity (Wildman–Crippen MR) is 81.7 cm³/mol. The van der Waals surface area contributed by atoms with Crippen molar-refractivity contribution in [3.63, 3.8) is 0 Å². The van der Waals surface area contributed by atoms with Crippen LogP contribution in [0.4, 0.5) is 13.2 Å². The van der Waals surface area contributed by atoms with E-state index < -0.39 is 24.1 Å². The Morgan fingerprint density at radius 3 is 2.42 bits per heavy atom. The SMILES string of the molecule is O=C(CCc1ccc(C(=O)O)cc1)NC1CCCC(C(F)(F)F)C1. The maximum Gasteiger partial charge on any atom is 0.391 e. The summed E-state index contributed by atoms with van der Waals surface area (Å²) in [5.41, 5.74) is 0.982. The number of halogens is 3. The third-order valence-electron chi connectivity index (χ3n) is 4.34. The molecule has 7 heteroatoms. The second kappa shape index (κ2) is 7.68. The van der Waals surface area contributed by atoms with Crippen molar-refractivity contribution in [2.45, 2.75) is 50.7 Å². The minimum absolute atomic E-state index is 0.0530. The molecule has 2 N–H and O–H groups in total. The highest BCUT2D eigenvalue weighted by Crippen LogP contribution is 2.37. The lowest BCUT2D eigenvalue weighted by atomic mass is 9.85. The minimum atomic E-state index is -4.20. The van der Waals surface area contributed by atoms with Gasteiger partial charge < -0.3 is 10.4 Å². The van der Waals surface area contributed by atoms with Crippen LogP contribution in [0.25, 0.3) is 0 Å². The Balaban J connectivity index is 1.79. The first kappa shape index (κ1) is 18.3. The number of carbonyl (C=O) groups is 2. The topological polar surface area (TPSA) is 66.4 Å². The first-order valence-electron chi connectivity index (χ1n) is 7.94. The van der Waals surface area contributed by atoms with Crippen molar-refractivity contribution in [1.82, 2.24) is 5.32 Å². The van der Waals surface area contributed by atoms with Gasteiger partial charge in [-0.25, -0.2) is 4.79 Å². The molecule has 132 valence electrons. The number of rotatable bonds is 5. The van der Waals surface area contributed by atoms with Crippen LogP contribution in [0.1, 0.15) is 48.0 Å². The molecule has 0 spiro atoms. The number of aromatic carboxylic acids is 1. The Labute approximate surface area is 138 Å². The van der Waals surface area contributed by atoms with Gasteiger partial charge in [-0.3, -0.25) is 4.79 Å². The molecule has 1 aliphatic rings. The molecular formula is C17H20F3NO3. The first-order chi connectivity index (χ1) is 11.3. The van der Waals surface area contributed by atoms with Crippen molar-refractivity contribution < 1.29 is 27.9 Å². The fourth-order valence-electron chi connectivity index (χ4n) is 2.99. The van der Waals surface area contributed by atoms with Crippen molar-refractivity contribution in [2.75, 3.05) is 0 Å². The Hall–Kier alpha value is -2.05. The summed E-state index contributed by atoms with van der Waals surface area (Å²) < 4.78 is 38.3. The monoisotopic (exact) mass is 343 g/mol. The summed E-state index contributed by atoms with van der Waals surface area (Å²) >= 11 is 0. The lowest BCUT2D eigenvalue weighted by Crippen LogP contribution is -2.41. The number of carboxylic acids is 1. The first-order valence-corrected chi connectivity index (χ1v) is 7.94. The predicted octanol–water partition coefficient (Wildman–Crippen LogP) is 3.55. The lowest BCUT2D eigenvalue weighted by molar-refractivity contribution is -0.184. The van der Waals surface area contributed by atoms with E-state index in [9.17, 15) is 22.8 Å². The molecule has 0 heterocycles. The van der Waals surface area contributed by atoms with E-state index in [0.29, 0.717) is 19.3 Å². The number of carbonyl (C=O) groups excluding carboxylic acids is 1. The van der Waals surface area contributed by atoms with Gasteiger partial charge in [0.1, 0.15) is 0 Å². The smallest absolute Gasteiger partial charge is 0.391 e. The molecule has 2 rings (SSSR count). The third kappa shape index (κ3) is 5.25. The molecule has 2 unspecified atom stereocenters. The van der Waals surface area contributed by atoms with Crippen molar-refractivity contribution in [1.29, 1.82) is 0 Å². The summed E-state index contributed by atoms with van der Waals surface area (Å²) in [6, 6.07) is 5.77. The zero-order chi connectivity index (χ0) is 17.7. The van der Waals surface area contributed by atoms with Crippen molar-refractivity contribution >= 4 is 11.9 Å². The molecule has 1 fully saturated rings. The number of amides is 1. The molecule has 0 aromatic heterocycles. The van der Waals surface area contributed by atoms with Crippen LogP contribution in [-0.2, 0) is 11.2 Å². The average molecular weight is 343 g/mol. The quantitative estimate of drug-likeness (QED) is 0.859. The molecule has 0 radical (unpaired) electrons. The molecule has 2 atom stereocenters. The zero-order valence-corrected chi connectivity index (χ0v) is 13.1. The number of hydrogen-bond acceptors (Lipinski definition) is 2. The Morgan fingerprint density at radius 2 is 1.83 bits per heavy atom. The summed E-state index contributed by atoms with van der Waals surface area (Å²) in [5, 5.41) is 11.5. The van der Waals surface area contributed by atoms with E-state index >= 15 is 0 Å². The number of nitrogens with one attached hydrogen (secondary N) is 1. The van der Waals surface area contributed by atoms with Crippen LogP contribution in [0.5, 0.6) is 0 Å². The maximum absolute atomic E-state index is 12.8. The zero-order valence-electron chi connectivity index (χ0n) is 13.1. The maximum atomic E-state index is 12.8. The second-order valence-electron chi connectivity index (χ2n) is 6.17. The van der Waals surface area contributed by atoms with Gasteiger partial charge in [0.25, 0.3) is 0 Å². The standard InChI is InChI=1S/C17H20F3NO3/c18-17(19,20)13-2-1-3-14(10-13)21-15(22)9-6-11-4-7-12(8-5-11)16(23)24/h4-5,7-8,13-14H,1-3,6,9-10H2,(H,21,22)(H,23,24). The van der Waals surface area contributed by atoms with Crippen LogP contribution in [0.3, 0.4) is 0 Å². The third-order valence-corrected chi connectivity index (χ3v) is 4.34. The summed E-state index contributed by atoms with van der Waals surface area (Å²) in [4.78, 5) is 22.7. The normalized spacial score (nSPS) is 21.3. The van der Waals surface area contributed by atoms with E-state index in [1.165, 1.54) is 12.1 Å². The van der Waals surface area contributed by atoms with Gasteiger partial charge in [0, 0.05) is 12.5 Å². The number of hydrogen-bond donors (Lipinski definition) is 2. The van der Waals surface area contributed by atoms with Crippen molar-refractivity contribution in [3.05, 3.63) is 35.4 Å². The molecule has 0 saturated heterocycles. The highest BCUT2D eigenvalue weighted by molar-refractivity contribution is 5.87. The second-order valence-corrected chi connectivity index (χ2v) is 6.17. The fourth-order valence-corrected chi connectivity index (χ4v) is 2.99. The minimum Gasteiger partial charge on any atom is -0.478 e. The van der Waals surface area contributed by atoms with Crippen LogP contribution in [-0.4, -0.2) is 29.2 Å². The summed E-state index contributed by atoms with van der Waals surface area (Å²) in [7, 11) is 0. The Kier molecular flexibility index (Phi) is 5.85. The van der Waals surface area contributed by atoms with Gasteiger partial charge in [-0.2, -0.15) is 13.2 Å². The summed E-state index contributed by atoms with van der Waals surface area (Å²) in [6.45, 7) is 0. The van der Waals surface area contributed by atoms with Crippen LogP contribution in [0, 0.1) is 5.92 Å². The molecule has 0 aliphatic heterocycles. The van der Waals surface area contributed by atoms with Crippen molar-refractivity contribution in [2.24, 2.45) is 5.92 Å². The molecule has 1 aromatic carbocycles. The van der Waals surface area contributed by atoms with E-state index in [0.717, 1.165) is 5.56 Å². The number of alkyl halides is 3. The molecule has 24 heavy (non-hydrogen) atoms. The molecule has 1 aromatic rings. The highest BCUT2D eigenvalue weighted by Gasteiger charge is 2.42. The summed E-state index contributed by atoms with van der Waals surface area (Å²) in [5.74, 6) is -2.62. The van der Waals surface area contributed by atoms with Crippen LogP contribution < -0.4 is 5.32 Å². The summed E-state index contributed by atoms with van der Waals surface area (Å²) in [6.07, 6.45) is -2.50. The van der Waals surface area contributed by atoms with Gasteiger partial charge in [-0.1, -0.05) is 18.6 Å². The van der Waals surface area contributed by atoms with Gasteiger partial charge >= 0.3 is 12.1 Å². The van der Waals surface area contributed by atoms with E-state index in [1.807, 2.05) is 0 Å². The van der Waals surface area contributed by atoms with E-state index in [-0.39, 0.29) is 30.7 Å². The average Bonchev–Trinajstić information content (AvgIpc) is 2.53. The van der Waals surface area contributed by atoms with Crippen molar-refractivity contribution in [3.8, 4) is 0 Å². The molecule has 0 bridgehead atoms. The fraction of sp³-hybridized carbons (Fsp3) is 0.529. The molecule has 1 amide bonds. The van der Waals surface area contributed by atoms with E-state index in [2.05, 4.69) is 5.32 Å². The van der Waals surface area contributed by atoms with E-state index in [1.54, 1.807) is 12.1 Å². The number of benzene rings is 1. The molecule has 4 nitrogen and oxygen atoms in total.